The van der Waals surface area contributed by atoms with Crippen molar-refractivity contribution in [3.63, 3.8) is 0 Å². The maximum atomic E-state index is 11.2. The predicted octanol–water partition coefficient (Wildman–Crippen LogP) is 3.77. The molecule has 1 unspecified atom stereocenters. The average Bonchev–Trinajstić information content (AvgIpc) is 2.66. The highest BCUT2D eigenvalue weighted by Crippen LogP contribution is 2.17. The third kappa shape index (κ3) is 5.99. The van der Waals surface area contributed by atoms with Crippen molar-refractivity contribution in [2.45, 2.75) is 64.7 Å². The number of carbonyl (C=O) groups excluding carboxylic acids is 2. The second-order valence-electron chi connectivity index (χ2n) is 4.94. The molecular formula is C15H24O3. The Kier molecular flexibility index (Phi) is 7.38. The van der Waals surface area contributed by atoms with E-state index in [0.29, 0.717) is 0 Å². The zero-order chi connectivity index (χ0) is 13.2. The summed E-state index contributed by atoms with van der Waals surface area (Å²) < 4.78 is 4.48. The average molecular weight is 252 g/mol. The molecule has 1 aliphatic heterocycles. The number of ether oxygens (including phenoxy) is 1. The van der Waals surface area contributed by atoms with Crippen molar-refractivity contribution in [1.29, 1.82) is 0 Å². The predicted molar refractivity (Wildman–Crippen MR) is 71.0 cm³/mol. The number of carbonyl (C=O) groups is 2. The van der Waals surface area contributed by atoms with Crippen molar-refractivity contribution in [3.05, 3.63) is 12.2 Å². The van der Waals surface area contributed by atoms with E-state index < -0.39 is 11.9 Å². The summed E-state index contributed by atoms with van der Waals surface area (Å²) in [7, 11) is 0. The van der Waals surface area contributed by atoms with E-state index in [1.807, 2.05) is 12.2 Å². The van der Waals surface area contributed by atoms with Gasteiger partial charge in [-0.05, 0) is 12.8 Å². The monoisotopic (exact) mass is 252 g/mol. The van der Waals surface area contributed by atoms with E-state index in [2.05, 4.69) is 11.7 Å². The zero-order valence-corrected chi connectivity index (χ0v) is 11.3. The van der Waals surface area contributed by atoms with Gasteiger partial charge in [-0.15, -0.1) is 0 Å². The van der Waals surface area contributed by atoms with Crippen molar-refractivity contribution in [3.8, 4) is 0 Å². The molecular weight excluding hydrogens is 228 g/mol. The SMILES string of the molecule is CCCCCCCCC/C=C/C1CC(=O)OC1=O. The molecule has 1 fully saturated rings. The van der Waals surface area contributed by atoms with Gasteiger partial charge in [-0.3, -0.25) is 9.59 Å². The van der Waals surface area contributed by atoms with Crippen LogP contribution in [0.25, 0.3) is 0 Å². The molecule has 0 N–H and O–H groups in total. The Hall–Kier alpha value is -1.12. The van der Waals surface area contributed by atoms with Gasteiger partial charge >= 0.3 is 11.9 Å². The smallest absolute Gasteiger partial charge is 0.321 e. The number of hydrogen-bond donors (Lipinski definition) is 0. The van der Waals surface area contributed by atoms with Crippen LogP contribution in [0.3, 0.4) is 0 Å². The minimum atomic E-state index is -0.398. The van der Waals surface area contributed by atoms with Crippen molar-refractivity contribution < 1.29 is 14.3 Å². The molecule has 1 atom stereocenters. The lowest BCUT2D eigenvalue weighted by Gasteiger charge is -1.99. The molecule has 3 nitrogen and oxygen atoms in total. The van der Waals surface area contributed by atoms with Crippen molar-refractivity contribution in [2.24, 2.45) is 5.92 Å². The van der Waals surface area contributed by atoms with Crippen molar-refractivity contribution in [2.75, 3.05) is 0 Å². The summed E-state index contributed by atoms with van der Waals surface area (Å²) in [6.07, 6.45) is 14.1. The third-order valence-corrected chi connectivity index (χ3v) is 3.25. The molecule has 0 spiro atoms. The van der Waals surface area contributed by atoms with Crippen LogP contribution in [0, 0.1) is 5.92 Å². The largest absolute Gasteiger partial charge is 0.393 e. The summed E-state index contributed by atoms with van der Waals surface area (Å²) in [5, 5.41) is 0. The summed E-state index contributed by atoms with van der Waals surface area (Å²) in [5.41, 5.74) is 0. The van der Waals surface area contributed by atoms with Gasteiger partial charge in [-0.2, -0.15) is 0 Å². The lowest BCUT2D eigenvalue weighted by atomic mass is 10.1. The van der Waals surface area contributed by atoms with Crippen LogP contribution in [0.4, 0.5) is 0 Å². The fraction of sp³-hybridized carbons (Fsp3) is 0.733. The Morgan fingerprint density at radius 2 is 1.78 bits per heavy atom. The highest BCUT2D eigenvalue weighted by Gasteiger charge is 2.30. The molecule has 1 heterocycles. The summed E-state index contributed by atoms with van der Waals surface area (Å²) in [6, 6.07) is 0. The van der Waals surface area contributed by atoms with E-state index in [1.54, 1.807) is 0 Å². The molecule has 102 valence electrons. The second kappa shape index (κ2) is 8.90. The standard InChI is InChI=1S/C15H24O3/c1-2-3-4-5-6-7-8-9-10-11-13-12-14(16)18-15(13)17/h10-11,13H,2-9,12H2,1H3/b11-10+. The fourth-order valence-electron chi connectivity index (χ4n) is 2.12. The molecule has 1 aliphatic rings. The number of hydrogen-bond acceptors (Lipinski definition) is 3. The van der Waals surface area contributed by atoms with Crippen LogP contribution in [-0.4, -0.2) is 11.9 Å². The second-order valence-corrected chi connectivity index (χ2v) is 4.94. The maximum absolute atomic E-state index is 11.2. The molecule has 1 rings (SSSR count). The Bertz CT molecular complexity index is 294. The van der Waals surface area contributed by atoms with Gasteiger partial charge in [-0.1, -0.05) is 57.6 Å². The molecule has 1 saturated heterocycles. The molecule has 0 aromatic carbocycles. The van der Waals surface area contributed by atoms with Crippen LogP contribution in [0.2, 0.25) is 0 Å². The highest BCUT2D eigenvalue weighted by atomic mass is 16.6. The lowest BCUT2D eigenvalue weighted by Crippen LogP contribution is -2.03. The first-order chi connectivity index (χ1) is 8.74. The molecule has 18 heavy (non-hydrogen) atoms. The minimum Gasteiger partial charge on any atom is -0.393 e. The zero-order valence-electron chi connectivity index (χ0n) is 11.3. The quantitative estimate of drug-likeness (QED) is 0.271. The number of allylic oxidation sites excluding steroid dienone is 1. The number of esters is 2. The van der Waals surface area contributed by atoms with Crippen molar-refractivity contribution in [1.82, 2.24) is 0 Å². The van der Waals surface area contributed by atoms with E-state index in [1.165, 1.54) is 44.9 Å². The first kappa shape index (κ1) is 14.9. The van der Waals surface area contributed by atoms with Gasteiger partial charge in [-0.25, -0.2) is 0 Å². The molecule has 0 saturated carbocycles. The topological polar surface area (TPSA) is 43.4 Å². The van der Waals surface area contributed by atoms with Crippen LogP contribution in [0.5, 0.6) is 0 Å². The lowest BCUT2D eigenvalue weighted by molar-refractivity contribution is -0.152. The molecule has 0 aromatic rings. The molecule has 0 bridgehead atoms. The van der Waals surface area contributed by atoms with Gasteiger partial charge in [0.2, 0.25) is 0 Å². The summed E-state index contributed by atoms with van der Waals surface area (Å²) in [6.45, 7) is 2.23. The Labute approximate surface area is 110 Å². The maximum Gasteiger partial charge on any atom is 0.321 e. The number of cyclic esters (lactones) is 2. The number of rotatable bonds is 9. The molecule has 3 heteroatoms. The molecule has 0 aliphatic carbocycles. The van der Waals surface area contributed by atoms with Gasteiger partial charge in [0.1, 0.15) is 0 Å². The van der Waals surface area contributed by atoms with Crippen LogP contribution < -0.4 is 0 Å². The first-order valence-corrected chi connectivity index (χ1v) is 7.15. The molecule has 0 aromatic heterocycles. The Morgan fingerprint density at radius 3 is 2.39 bits per heavy atom. The van der Waals surface area contributed by atoms with Gasteiger partial charge in [0.25, 0.3) is 0 Å². The van der Waals surface area contributed by atoms with Crippen molar-refractivity contribution >= 4 is 11.9 Å². The summed E-state index contributed by atoms with van der Waals surface area (Å²) in [4.78, 5) is 22.0. The first-order valence-electron chi connectivity index (χ1n) is 7.15. The fourth-order valence-corrected chi connectivity index (χ4v) is 2.12. The highest BCUT2D eigenvalue weighted by molar-refractivity contribution is 5.95. The molecule has 0 radical (unpaired) electrons. The van der Waals surface area contributed by atoms with E-state index in [4.69, 9.17) is 0 Å². The summed E-state index contributed by atoms with van der Waals surface area (Å²) in [5.74, 6) is -1.12. The van der Waals surface area contributed by atoms with E-state index in [9.17, 15) is 9.59 Å². The minimum absolute atomic E-state index is 0.215. The van der Waals surface area contributed by atoms with Gasteiger partial charge < -0.3 is 4.74 Å². The van der Waals surface area contributed by atoms with E-state index in [-0.39, 0.29) is 12.3 Å². The van der Waals surface area contributed by atoms with Crippen LogP contribution in [0.1, 0.15) is 64.7 Å². The van der Waals surface area contributed by atoms with Gasteiger partial charge in [0.15, 0.2) is 0 Å². The summed E-state index contributed by atoms with van der Waals surface area (Å²) >= 11 is 0. The van der Waals surface area contributed by atoms with Gasteiger partial charge in [0, 0.05) is 0 Å². The van der Waals surface area contributed by atoms with Crippen LogP contribution >= 0.6 is 0 Å². The normalized spacial score (nSPS) is 19.7. The third-order valence-electron chi connectivity index (χ3n) is 3.25. The Balaban J connectivity index is 1.97. The van der Waals surface area contributed by atoms with Crippen LogP contribution in [-0.2, 0) is 14.3 Å². The van der Waals surface area contributed by atoms with Crippen LogP contribution in [0.15, 0.2) is 12.2 Å². The van der Waals surface area contributed by atoms with Gasteiger partial charge in [0.05, 0.1) is 12.3 Å². The molecule has 0 amide bonds. The number of unbranched alkanes of at least 4 members (excludes halogenated alkanes) is 7. The Morgan fingerprint density at radius 1 is 1.11 bits per heavy atom. The van der Waals surface area contributed by atoms with E-state index in [0.717, 1.165) is 6.42 Å². The van der Waals surface area contributed by atoms with E-state index >= 15 is 0 Å².